The number of aromatic nitrogens is 2. The SMILES string of the molecule is CC(=O)COc1cnc(-c2cccc(O)c2)nc1. The molecule has 5 nitrogen and oxygen atoms in total. The van der Waals surface area contributed by atoms with Crippen LogP contribution in [-0.4, -0.2) is 27.5 Å². The predicted octanol–water partition coefficient (Wildman–Crippen LogP) is 1.82. The quantitative estimate of drug-likeness (QED) is 0.888. The molecule has 2 rings (SSSR count). The number of carbonyl (C=O) groups is 1. The monoisotopic (exact) mass is 244 g/mol. The number of rotatable bonds is 4. The molecule has 1 aromatic carbocycles. The normalized spacial score (nSPS) is 10.1. The van der Waals surface area contributed by atoms with Crippen LogP contribution in [0.15, 0.2) is 36.7 Å². The van der Waals surface area contributed by atoms with E-state index in [1.807, 2.05) is 0 Å². The van der Waals surface area contributed by atoms with Crippen LogP contribution >= 0.6 is 0 Å². The smallest absolute Gasteiger partial charge is 0.167 e. The Morgan fingerprint density at radius 2 is 2.06 bits per heavy atom. The van der Waals surface area contributed by atoms with Gasteiger partial charge in [-0.15, -0.1) is 0 Å². The van der Waals surface area contributed by atoms with Crippen LogP contribution in [0.3, 0.4) is 0 Å². The van der Waals surface area contributed by atoms with Gasteiger partial charge in [0.2, 0.25) is 0 Å². The van der Waals surface area contributed by atoms with Crippen LogP contribution in [-0.2, 0) is 4.79 Å². The summed E-state index contributed by atoms with van der Waals surface area (Å²) in [5.74, 6) is 1.02. The molecular weight excluding hydrogens is 232 g/mol. The maximum Gasteiger partial charge on any atom is 0.167 e. The minimum absolute atomic E-state index is 0.00876. The molecule has 5 heteroatoms. The number of nitrogens with zero attached hydrogens (tertiary/aromatic N) is 2. The number of carbonyl (C=O) groups excluding carboxylic acids is 1. The lowest BCUT2D eigenvalue weighted by atomic mass is 10.2. The van der Waals surface area contributed by atoms with E-state index >= 15 is 0 Å². The fraction of sp³-hybridized carbons (Fsp3) is 0.154. The molecule has 0 unspecified atom stereocenters. The number of ether oxygens (including phenoxy) is 1. The maximum atomic E-state index is 10.7. The van der Waals surface area contributed by atoms with Crippen LogP contribution in [0.4, 0.5) is 0 Å². The number of hydrogen-bond donors (Lipinski definition) is 1. The molecule has 0 amide bonds. The standard InChI is InChI=1S/C13H12N2O3/c1-9(16)8-18-12-6-14-13(15-7-12)10-3-2-4-11(17)5-10/h2-7,17H,8H2,1H3. The Balaban J connectivity index is 2.14. The fourth-order valence-corrected chi connectivity index (χ4v) is 1.37. The van der Waals surface area contributed by atoms with E-state index in [4.69, 9.17) is 4.74 Å². The van der Waals surface area contributed by atoms with Gasteiger partial charge in [0.1, 0.15) is 12.4 Å². The molecule has 1 aromatic heterocycles. The Morgan fingerprint density at radius 1 is 1.33 bits per heavy atom. The van der Waals surface area contributed by atoms with Gasteiger partial charge in [-0.25, -0.2) is 9.97 Å². The predicted molar refractivity (Wildman–Crippen MR) is 65.3 cm³/mol. The molecule has 92 valence electrons. The van der Waals surface area contributed by atoms with E-state index < -0.39 is 0 Å². The van der Waals surface area contributed by atoms with Gasteiger partial charge in [0.15, 0.2) is 17.4 Å². The lowest BCUT2D eigenvalue weighted by Crippen LogP contribution is -2.07. The number of aromatic hydroxyl groups is 1. The highest BCUT2D eigenvalue weighted by atomic mass is 16.5. The first-order chi connectivity index (χ1) is 8.65. The highest BCUT2D eigenvalue weighted by Gasteiger charge is 2.03. The zero-order valence-corrected chi connectivity index (χ0v) is 9.83. The van der Waals surface area contributed by atoms with Crippen molar-refractivity contribution in [2.24, 2.45) is 0 Å². The van der Waals surface area contributed by atoms with E-state index in [0.29, 0.717) is 17.1 Å². The second kappa shape index (κ2) is 5.27. The highest BCUT2D eigenvalue weighted by molar-refractivity contribution is 5.77. The summed E-state index contributed by atoms with van der Waals surface area (Å²) in [7, 11) is 0. The van der Waals surface area contributed by atoms with Crippen LogP contribution in [0, 0.1) is 0 Å². The van der Waals surface area contributed by atoms with Crippen molar-refractivity contribution in [3.8, 4) is 22.9 Å². The average molecular weight is 244 g/mol. The van der Waals surface area contributed by atoms with Gasteiger partial charge in [0, 0.05) is 5.56 Å². The molecule has 18 heavy (non-hydrogen) atoms. The number of Topliss-reactive ketones (excluding diaryl/α,β-unsaturated/α-hetero) is 1. The summed E-state index contributed by atoms with van der Waals surface area (Å²) in [4.78, 5) is 19.0. The summed E-state index contributed by atoms with van der Waals surface area (Å²) in [6.45, 7) is 1.46. The number of phenolic OH excluding ortho intramolecular Hbond substituents is 1. The molecule has 0 fully saturated rings. The number of phenols is 1. The van der Waals surface area contributed by atoms with E-state index in [2.05, 4.69) is 9.97 Å². The first kappa shape index (κ1) is 12.0. The third kappa shape index (κ3) is 3.04. The third-order valence-electron chi connectivity index (χ3n) is 2.17. The van der Waals surface area contributed by atoms with E-state index in [0.717, 1.165) is 0 Å². The van der Waals surface area contributed by atoms with E-state index in [1.165, 1.54) is 19.3 Å². The van der Waals surface area contributed by atoms with E-state index in [-0.39, 0.29) is 18.1 Å². The molecule has 1 heterocycles. The zero-order valence-electron chi connectivity index (χ0n) is 9.83. The van der Waals surface area contributed by atoms with E-state index in [9.17, 15) is 9.90 Å². The number of benzene rings is 1. The summed E-state index contributed by atoms with van der Waals surface area (Å²) in [5, 5.41) is 9.36. The minimum atomic E-state index is -0.0629. The Hall–Kier alpha value is -2.43. The van der Waals surface area contributed by atoms with Gasteiger partial charge >= 0.3 is 0 Å². The summed E-state index contributed by atoms with van der Waals surface area (Å²) in [5.41, 5.74) is 0.716. The summed E-state index contributed by atoms with van der Waals surface area (Å²) >= 11 is 0. The van der Waals surface area contributed by atoms with Gasteiger partial charge in [-0.2, -0.15) is 0 Å². The molecule has 0 radical (unpaired) electrons. The molecule has 0 aliphatic heterocycles. The van der Waals surface area contributed by atoms with Crippen LogP contribution in [0.2, 0.25) is 0 Å². The van der Waals surface area contributed by atoms with Crippen molar-refractivity contribution in [3.63, 3.8) is 0 Å². The second-order valence-electron chi connectivity index (χ2n) is 3.78. The molecule has 0 saturated carbocycles. The first-order valence-corrected chi connectivity index (χ1v) is 5.39. The first-order valence-electron chi connectivity index (χ1n) is 5.39. The molecule has 0 aliphatic rings. The summed E-state index contributed by atoms with van der Waals surface area (Å²) < 4.78 is 5.16. The molecule has 0 spiro atoms. The van der Waals surface area contributed by atoms with E-state index in [1.54, 1.807) is 24.3 Å². The van der Waals surface area contributed by atoms with Crippen molar-refractivity contribution in [1.82, 2.24) is 9.97 Å². The number of hydrogen-bond acceptors (Lipinski definition) is 5. The molecule has 0 aliphatic carbocycles. The Labute approximate surface area is 104 Å². The lowest BCUT2D eigenvalue weighted by molar-refractivity contribution is -0.118. The zero-order chi connectivity index (χ0) is 13.0. The lowest BCUT2D eigenvalue weighted by Gasteiger charge is -2.04. The van der Waals surface area contributed by atoms with Crippen molar-refractivity contribution in [1.29, 1.82) is 0 Å². The van der Waals surface area contributed by atoms with Gasteiger partial charge in [0.05, 0.1) is 12.4 Å². The van der Waals surface area contributed by atoms with Crippen molar-refractivity contribution in [3.05, 3.63) is 36.7 Å². The van der Waals surface area contributed by atoms with Crippen LogP contribution in [0.5, 0.6) is 11.5 Å². The second-order valence-corrected chi connectivity index (χ2v) is 3.78. The molecule has 2 aromatic rings. The van der Waals surface area contributed by atoms with Crippen LogP contribution in [0.1, 0.15) is 6.92 Å². The molecule has 0 atom stereocenters. The largest absolute Gasteiger partial charge is 0.508 e. The van der Waals surface area contributed by atoms with Crippen molar-refractivity contribution < 1.29 is 14.6 Å². The fourth-order valence-electron chi connectivity index (χ4n) is 1.37. The molecule has 1 N–H and O–H groups in total. The molecular formula is C13H12N2O3. The molecule has 0 bridgehead atoms. The Kier molecular flexibility index (Phi) is 3.52. The van der Waals surface area contributed by atoms with Crippen LogP contribution < -0.4 is 4.74 Å². The Bertz CT molecular complexity index is 552. The summed E-state index contributed by atoms with van der Waals surface area (Å²) in [6, 6.07) is 6.67. The number of ketones is 1. The van der Waals surface area contributed by atoms with Crippen LogP contribution in [0.25, 0.3) is 11.4 Å². The van der Waals surface area contributed by atoms with Crippen molar-refractivity contribution in [2.45, 2.75) is 6.92 Å². The van der Waals surface area contributed by atoms with Gasteiger partial charge < -0.3 is 9.84 Å². The third-order valence-corrected chi connectivity index (χ3v) is 2.17. The maximum absolute atomic E-state index is 10.7. The van der Waals surface area contributed by atoms with Gasteiger partial charge in [-0.3, -0.25) is 4.79 Å². The summed E-state index contributed by atoms with van der Waals surface area (Å²) in [6.07, 6.45) is 2.99. The van der Waals surface area contributed by atoms with Gasteiger partial charge in [0.25, 0.3) is 0 Å². The highest BCUT2D eigenvalue weighted by Crippen LogP contribution is 2.20. The topological polar surface area (TPSA) is 72.3 Å². The average Bonchev–Trinajstić information content (AvgIpc) is 2.37. The van der Waals surface area contributed by atoms with Gasteiger partial charge in [-0.05, 0) is 19.1 Å². The Morgan fingerprint density at radius 3 is 2.67 bits per heavy atom. The van der Waals surface area contributed by atoms with Gasteiger partial charge in [-0.1, -0.05) is 12.1 Å². The van der Waals surface area contributed by atoms with Crippen molar-refractivity contribution >= 4 is 5.78 Å². The van der Waals surface area contributed by atoms with Crippen molar-refractivity contribution in [2.75, 3.05) is 6.61 Å². The molecule has 0 saturated heterocycles. The minimum Gasteiger partial charge on any atom is -0.508 e.